The summed E-state index contributed by atoms with van der Waals surface area (Å²) in [4.78, 5) is 14.7. The molecule has 0 aliphatic rings. The smallest absolute Gasteiger partial charge is 0.196 e. The second kappa shape index (κ2) is 7.04. The lowest BCUT2D eigenvalue weighted by Crippen LogP contribution is -2.17. The molecule has 0 saturated carbocycles. The van der Waals surface area contributed by atoms with Crippen LogP contribution in [0.4, 0.5) is 5.69 Å². The number of anilines is 1. The van der Waals surface area contributed by atoms with Gasteiger partial charge in [-0.3, -0.25) is 4.79 Å². The van der Waals surface area contributed by atoms with E-state index in [2.05, 4.69) is 0 Å². The number of nitrogens with zero attached hydrogens (tertiary/aromatic N) is 1. The van der Waals surface area contributed by atoms with Crippen molar-refractivity contribution in [2.75, 3.05) is 25.6 Å². The van der Waals surface area contributed by atoms with Crippen LogP contribution >= 0.6 is 0 Å². The van der Waals surface area contributed by atoms with Gasteiger partial charge >= 0.3 is 0 Å². The first kappa shape index (κ1) is 15.3. The van der Waals surface area contributed by atoms with Gasteiger partial charge in [0.25, 0.3) is 0 Å². The molecule has 0 radical (unpaired) electrons. The van der Waals surface area contributed by atoms with Crippen molar-refractivity contribution in [1.29, 1.82) is 0 Å². The summed E-state index contributed by atoms with van der Waals surface area (Å²) in [6, 6.07) is 17.2. The molecule has 3 heteroatoms. The zero-order chi connectivity index (χ0) is 15.2. The minimum Gasteiger partial charge on any atom is -0.378 e. The molecule has 0 bridgehead atoms. The Bertz CT molecular complexity index is 576. The molecule has 110 valence electrons. The number of carbonyl (C=O) groups is 1. The van der Waals surface area contributed by atoms with E-state index in [-0.39, 0.29) is 5.78 Å². The van der Waals surface area contributed by atoms with Crippen LogP contribution in [0.2, 0.25) is 0 Å². The second-order valence-corrected chi connectivity index (χ2v) is 5.05. The number of hydrogen-bond acceptors (Lipinski definition) is 3. The van der Waals surface area contributed by atoms with Crippen molar-refractivity contribution >= 4 is 11.5 Å². The van der Waals surface area contributed by atoms with E-state index in [4.69, 9.17) is 4.74 Å². The van der Waals surface area contributed by atoms with Crippen molar-refractivity contribution in [3.63, 3.8) is 0 Å². The molecule has 2 aromatic rings. The first-order chi connectivity index (χ1) is 10.1. The summed E-state index contributed by atoms with van der Waals surface area (Å²) < 4.78 is 5.66. The minimum absolute atomic E-state index is 0.00615. The van der Waals surface area contributed by atoms with Gasteiger partial charge in [0.1, 0.15) is 6.10 Å². The lowest BCUT2D eigenvalue weighted by Gasteiger charge is -2.17. The Morgan fingerprint density at radius 2 is 1.67 bits per heavy atom. The predicted octanol–water partition coefficient (Wildman–Crippen LogP) is 3.71. The minimum atomic E-state index is -0.540. The maximum Gasteiger partial charge on any atom is 0.196 e. The van der Waals surface area contributed by atoms with Gasteiger partial charge in [0, 0.05) is 32.0 Å². The Hall–Kier alpha value is -2.13. The van der Waals surface area contributed by atoms with Crippen LogP contribution in [0.1, 0.15) is 28.9 Å². The predicted molar refractivity (Wildman–Crippen MR) is 85.9 cm³/mol. The standard InChI is InChI=1S/C18H21NO2/c1-4-21-18(15-8-6-5-7-9-15)17(20)14-10-12-16(13-11-14)19(2)3/h5-13,18H,4H2,1-3H3. The van der Waals surface area contributed by atoms with Gasteiger partial charge in [-0.1, -0.05) is 30.3 Å². The van der Waals surface area contributed by atoms with Gasteiger partial charge in [-0.15, -0.1) is 0 Å². The van der Waals surface area contributed by atoms with Crippen LogP contribution in [0, 0.1) is 0 Å². The summed E-state index contributed by atoms with van der Waals surface area (Å²) in [7, 11) is 3.95. The van der Waals surface area contributed by atoms with Crippen LogP contribution in [0.25, 0.3) is 0 Å². The molecular weight excluding hydrogens is 262 g/mol. The van der Waals surface area contributed by atoms with Crippen molar-refractivity contribution < 1.29 is 9.53 Å². The van der Waals surface area contributed by atoms with Crippen LogP contribution in [0.3, 0.4) is 0 Å². The van der Waals surface area contributed by atoms with Gasteiger partial charge in [0.2, 0.25) is 0 Å². The van der Waals surface area contributed by atoms with E-state index in [1.165, 1.54) is 0 Å². The fourth-order valence-electron chi connectivity index (χ4n) is 2.19. The second-order valence-electron chi connectivity index (χ2n) is 5.05. The van der Waals surface area contributed by atoms with Crippen molar-refractivity contribution in [2.45, 2.75) is 13.0 Å². The van der Waals surface area contributed by atoms with Crippen molar-refractivity contribution in [3.05, 3.63) is 65.7 Å². The molecule has 0 saturated heterocycles. The van der Waals surface area contributed by atoms with E-state index in [0.717, 1.165) is 11.3 Å². The lowest BCUT2D eigenvalue weighted by molar-refractivity contribution is 0.0452. The highest BCUT2D eigenvalue weighted by atomic mass is 16.5. The maximum atomic E-state index is 12.7. The SMILES string of the molecule is CCOC(C(=O)c1ccc(N(C)C)cc1)c1ccccc1. The Kier molecular flexibility index (Phi) is 5.12. The molecule has 0 heterocycles. The van der Waals surface area contributed by atoms with Crippen LogP contribution < -0.4 is 4.90 Å². The van der Waals surface area contributed by atoms with Crippen LogP contribution in [0.15, 0.2) is 54.6 Å². The molecule has 1 atom stereocenters. The van der Waals surface area contributed by atoms with E-state index in [1.54, 1.807) is 0 Å². The van der Waals surface area contributed by atoms with Gasteiger partial charge in [-0.25, -0.2) is 0 Å². The number of ether oxygens (including phenoxy) is 1. The molecule has 0 aliphatic heterocycles. The highest BCUT2D eigenvalue weighted by molar-refractivity contribution is 6.00. The van der Waals surface area contributed by atoms with E-state index in [1.807, 2.05) is 80.5 Å². The summed E-state index contributed by atoms with van der Waals surface area (Å²) in [6.07, 6.45) is -0.540. The molecule has 2 rings (SSSR count). The highest BCUT2D eigenvalue weighted by Gasteiger charge is 2.22. The quantitative estimate of drug-likeness (QED) is 0.757. The Morgan fingerprint density at radius 1 is 1.05 bits per heavy atom. The van der Waals surface area contributed by atoms with E-state index >= 15 is 0 Å². The highest BCUT2D eigenvalue weighted by Crippen LogP contribution is 2.23. The number of benzene rings is 2. The average molecular weight is 283 g/mol. The zero-order valence-electron chi connectivity index (χ0n) is 12.7. The van der Waals surface area contributed by atoms with Crippen LogP contribution in [-0.4, -0.2) is 26.5 Å². The Labute approximate surface area is 126 Å². The number of carbonyl (C=O) groups excluding carboxylic acids is 1. The zero-order valence-corrected chi connectivity index (χ0v) is 12.7. The van der Waals surface area contributed by atoms with Crippen LogP contribution in [-0.2, 0) is 4.74 Å². The van der Waals surface area contributed by atoms with Gasteiger partial charge < -0.3 is 9.64 Å². The number of hydrogen-bond donors (Lipinski definition) is 0. The summed E-state index contributed by atoms with van der Waals surface area (Å²) in [5, 5.41) is 0. The van der Waals surface area contributed by atoms with Gasteiger partial charge in [0.15, 0.2) is 5.78 Å². The summed E-state index contributed by atoms with van der Waals surface area (Å²) in [5.41, 5.74) is 2.63. The van der Waals surface area contributed by atoms with Crippen molar-refractivity contribution in [1.82, 2.24) is 0 Å². The molecule has 0 N–H and O–H groups in total. The normalized spacial score (nSPS) is 12.0. The molecule has 21 heavy (non-hydrogen) atoms. The monoisotopic (exact) mass is 283 g/mol. The Balaban J connectivity index is 2.26. The molecular formula is C18H21NO2. The van der Waals surface area contributed by atoms with E-state index in [0.29, 0.717) is 12.2 Å². The van der Waals surface area contributed by atoms with Crippen LogP contribution in [0.5, 0.6) is 0 Å². The molecule has 2 aromatic carbocycles. The third kappa shape index (κ3) is 3.70. The van der Waals surface area contributed by atoms with E-state index < -0.39 is 6.10 Å². The lowest BCUT2D eigenvalue weighted by atomic mass is 9.99. The fourth-order valence-corrected chi connectivity index (χ4v) is 2.19. The summed E-state index contributed by atoms with van der Waals surface area (Å²) in [6.45, 7) is 2.40. The largest absolute Gasteiger partial charge is 0.378 e. The summed E-state index contributed by atoms with van der Waals surface area (Å²) in [5.74, 6) is -0.00615. The molecule has 0 aromatic heterocycles. The molecule has 0 fully saturated rings. The molecule has 3 nitrogen and oxygen atoms in total. The topological polar surface area (TPSA) is 29.5 Å². The summed E-state index contributed by atoms with van der Waals surface area (Å²) >= 11 is 0. The van der Waals surface area contributed by atoms with Crippen molar-refractivity contribution in [3.8, 4) is 0 Å². The maximum absolute atomic E-state index is 12.7. The number of Topliss-reactive ketones (excluding diaryl/α,β-unsaturated/α-hetero) is 1. The van der Waals surface area contributed by atoms with Gasteiger partial charge in [-0.2, -0.15) is 0 Å². The third-order valence-corrected chi connectivity index (χ3v) is 3.34. The molecule has 0 aliphatic carbocycles. The molecule has 0 spiro atoms. The Morgan fingerprint density at radius 3 is 2.19 bits per heavy atom. The van der Waals surface area contributed by atoms with E-state index in [9.17, 15) is 4.79 Å². The van der Waals surface area contributed by atoms with Crippen molar-refractivity contribution in [2.24, 2.45) is 0 Å². The van der Waals surface area contributed by atoms with Gasteiger partial charge in [-0.05, 0) is 36.8 Å². The fraction of sp³-hybridized carbons (Fsp3) is 0.278. The number of ketones is 1. The first-order valence-electron chi connectivity index (χ1n) is 7.11. The van der Waals surface area contributed by atoms with Gasteiger partial charge in [0.05, 0.1) is 0 Å². The molecule has 0 amide bonds. The number of rotatable bonds is 6. The average Bonchev–Trinajstić information content (AvgIpc) is 2.53. The molecule has 1 unspecified atom stereocenters. The third-order valence-electron chi connectivity index (χ3n) is 3.34. The first-order valence-corrected chi connectivity index (χ1v) is 7.11.